The largest absolute Gasteiger partial charge is 0.338 e. The van der Waals surface area contributed by atoms with Gasteiger partial charge in [0.25, 0.3) is 0 Å². The molecule has 0 fully saturated rings. The van der Waals surface area contributed by atoms with Gasteiger partial charge in [-0.3, -0.25) is 9.69 Å². The molecular weight excluding hydrogens is 348 g/mol. The molecule has 1 atom stereocenters. The Labute approximate surface area is 159 Å². The highest BCUT2D eigenvalue weighted by Gasteiger charge is 2.16. The highest BCUT2D eigenvalue weighted by Crippen LogP contribution is 2.25. The molecule has 2 aromatic rings. The second-order valence-electron chi connectivity index (χ2n) is 6.64. The smallest absolute Gasteiger partial charge is 0.240 e. The summed E-state index contributed by atoms with van der Waals surface area (Å²) in [6.07, 6.45) is 0. The zero-order valence-corrected chi connectivity index (χ0v) is 17.0. The van der Waals surface area contributed by atoms with Crippen LogP contribution >= 0.6 is 11.8 Å². The number of nitrogens with one attached hydrogen (secondary N) is 1. The number of aromatic nitrogens is 2. The molecule has 6 nitrogen and oxygen atoms in total. The van der Waals surface area contributed by atoms with Gasteiger partial charge in [0.15, 0.2) is 5.82 Å². The summed E-state index contributed by atoms with van der Waals surface area (Å²) in [7, 11) is 1.86. The van der Waals surface area contributed by atoms with E-state index >= 15 is 0 Å². The van der Waals surface area contributed by atoms with Crippen LogP contribution in [0, 0.1) is 0 Å². The molecule has 26 heavy (non-hydrogen) atoms. The lowest BCUT2D eigenvalue weighted by Gasteiger charge is -2.14. The van der Waals surface area contributed by atoms with Gasteiger partial charge < -0.3 is 9.84 Å². The molecule has 0 bridgehead atoms. The lowest BCUT2D eigenvalue weighted by atomic mass is 10.0. The van der Waals surface area contributed by atoms with E-state index in [0.717, 1.165) is 11.4 Å². The molecule has 1 N–H and O–H groups in total. The van der Waals surface area contributed by atoms with E-state index < -0.39 is 0 Å². The average Bonchev–Trinajstić information content (AvgIpc) is 3.03. The highest BCUT2D eigenvalue weighted by molar-refractivity contribution is 7.99. The maximum absolute atomic E-state index is 12.2. The van der Waals surface area contributed by atoms with Crippen LogP contribution in [0.25, 0.3) is 0 Å². The standard InChI is InChI=1S/C19H28N4O2S/c1-6-26-14(4)19-21-18(25-22-19)12-23(5)11-17(24)20-16-9-7-15(8-10-16)13(2)3/h7-10,13-14H,6,11-12H2,1-5H3,(H,20,24)/t14-/m1/s1. The monoisotopic (exact) mass is 376 g/mol. The first-order valence-corrected chi connectivity index (χ1v) is 9.96. The SMILES string of the molecule is CCS[C@H](C)c1noc(CN(C)CC(=O)Nc2ccc(C(C)C)cc2)n1. The molecule has 0 aliphatic carbocycles. The van der Waals surface area contributed by atoms with E-state index in [1.165, 1.54) is 5.56 Å². The van der Waals surface area contributed by atoms with Crippen LogP contribution in [-0.2, 0) is 11.3 Å². The lowest BCUT2D eigenvalue weighted by Crippen LogP contribution is -2.29. The molecule has 0 spiro atoms. The molecule has 0 saturated carbocycles. The Bertz CT molecular complexity index is 700. The predicted molar refractivity (Wildman–Crippen MR) is 106 cm³/mol. The van der Waals surface area contributed by atoms with Crippen molar-refractivity contribution in [1.29, 1.82) is 0 Å². The van der Waals surface area contributed by atoms with Gasteiger partial charge in [0.1, 0.15) is 0 Å². The summed E-state index contributed by atoms with van der Waals surface area (Å²) in [6, 6.07) is 7.95. The zero-order valence-electron chi connectivity index (χ0n) is 16.2. The minimum atomic E-state index is -0.0700. The molecule has 1 aromatic carbocycles. The van der Waals surface area contributed by atoms with Gasteiger partial charge in [-0.05, 0) is 43.3 Å². The molecule has 0 aliphatic rings. The lowest BCUT2D eigenvalue weighted by molar-refractivity contribution is -0.117. The van der Waals surface area contributed by atoms with Crippen molar-refractivity contribution in [3.05, 3.63) is 41.5 Å². The Morgan fingerprint density at radius 2 is 1.96 bits per heavy atom. The first kappa shape index (κ1) is 20.5. The van der Waals surface area contributed by atoms with Crippen molar-refractivity contribution in [3.63, 3.8) is 0 Å². The normalized spacial score (nSPS) is 12.6. The summed E-state index contributed by atoms with van der Waals surface area (Å²) in [4.78, 5) is 18.5. The third kappa shape index (κ3) is 6.14. The molecule has 0 unspecified atom stereocenters. The summed E-state index contributed by atoms with van der Waals surface area (Å²) in [6.45, 7) is 9.15. The van der Waals surface area contributed by atoms with Crippen LogP contribution in [0.2, 0.25) is 0 Å². The molecule has 1 amide bonds. The number of likely N-dealkylation sites (N-methyl/N-ethyl adjacent to an activating group) is 1. The van der Waals surface area contributed by atoms with Crippen molar-refractivity contribution in [2.24, 2.45) is 0 Å². The van der Waals surface area contributed by atoms with Crippen LogP contribution in [0.15, 0.2) is 28.8 Å². The number of anilines is 1. The van der Waals surface area contributed by atoms with E-state index in [4.69, 9.17) is 4.52 Å². The first-order chi connectivity index (χ1) is 12.4. The van der Waals surface area contributed by atoms with Crippen molar-refractivity contribution in [1.82, 2.24) is 15.0 Å². The Morgan fingerprint density at radius 3 is 2.58 bits per heavy atom. The third-order valence-corrected chi connectivity index (χ3v) is 4.99. The van der Waals surface area contributed by atoms with Crippen LogP contribution in [0.3, 0.4) is 0 Å². The van der Waals surface area contributed by atoms with E-state index in [9.17, 15) is 4.79 Å². The van der Waals surface area contributed by atoms with Crippen molar-refractivity contribution in [3.8, 4) is 0 Å². The molecule has 1 aromatic heterocycles. The number of nitrogens with zero attached hydrogens (tertiary/aromatic N) is 3. The fourth-order valence-corrected chi connectivity index (χ4v) is 3.25. The molecule has 7 heteroatoms. The van der Waals surface area contributed by atoms with Gasteiger partial charge in [-0.1, -0.05) is 38.1 Å². The summed E-state index contributed by atoms with van der Waals surface area (Å²) in [5.74, 6) is 2.64. The van der Waals surface area contributed by atoms with Gasteiger partial charge in [0, 0.05) is 5.69 Å². The van der Waals surface area contributed by atoms with Crippen LogP contribution in [0.4, 0.5) is 5.69 Å². The van der Waals surface area contributed by atoms with E-state index in [1.54, 1.807) is 11.8 Å². The van der Waals surface area contributed by atoms with Crippen molar-refractivity contribution in [2.75, 3.05) is 24.7 Å². The number of carbonyl (C=O) groups excluding carboxylic acids is 1. The van der Waals surface area contributed by atoms with E-state index in [-0.39, 0.29) is 17.7 Å². The molecule has 2 rings (SSSR count). The average molecular weight is 377 g/mol. The van der Waals surface area contributed by atoms with Crippen LogP contribution in [-0.4, -0.2) is 40.3 Å². The molecule has 0 radical (unpaired) electrons. The maximum atomic E-state index is 12.2. The minimum absolute atomic E-state index is 0.0700. The van der Waals surface area contributed by atoms with Crippen LogP contribution in [0.1, 0.15) is 56.1 Å². The van der Waals surface area contributed by atoms with Gasteiger partial charge in [-0.25, -0.2) is 0 Å². The first-order valence-electron chi connectivity index (χ1n) is 8.91. The van der Waals surface area contributed by atoms with Crippen LogP contribution < -0.4 is 5.32 Å². The highest BCUT2D eigenvalue weighted by atomic mass is 32.2. The van der Waals surface area contributed by atoms with Crippen molar-refractivity contribution in [2.45, 2.75) is 45.4 Å². The summed E-state index contributed by atoms with van der Waals surface area (Å²) < 4.78 is 5.29. The van der Waals surface area contributed by atoms with Gasteiger partial charge in [0.05, 0.1) is 18.3 Å². The van der Waals surface area contributed by atoms with Gasteiger partial charge in [-0.2, -0.15) is 16.7 Å². The Hall–Kier alpha value is -1.86. The summed E-state index contributed by atoms with van der Waals surface area (Å²) in [5, 5.41) is 7.15. The fourth-order valence-electron chi connectivity index (χ4n) is 2.51. The summed E-state index contributed by atoms with van der Waals surface area (Å²) in [5.41, 5.74) is 2.06. The Balaban J connectivity index is 1.83. The second-order valence-corrected chi connectivity index (χ2v) is 8.26. The summed E-state index contributed by atoms with van der Waals surface area (Å²) >= 11 is 1.77. The number of benzene rings is 1. The van der Waals surface area contributed by atoms with Gasteiger partial charge in [0.2, 0.25) is 11.8 Å². The van der Waals surface area contributed by atoms with Crippen molar-refractivity contribution < 1.29 is 9.32 Å². The number of thioether (sulfide) groups is 1. The fraction of sp³-hybridized carbons (Fsp3) is 0.526. The van der Waals surface area contributed by atoms with E-state index in [0.29, 0.717) is 24.2 Å². The Morgan fingerprint density at radius 1 is 1.27 bits per heavy atom. The maximum Gasteiger partial charge on any atom is 0.240 e. The topological polar surface area (TPSA) is 71.3 Å². The van der Waals surface area contributed by atoms with Crippen molar-refractivity contribution >= 4 is 23.4 Å². The third-order valence-electron chi connectivity index (χ3n) is 3.94. The molecule has 1 heterocycles. The second kappa shape index (κ2) is 9.73. The predicted octanol–water partition coefficient (Wildman–Crippen LogP) is 4.08. The van der Waals surface area contributed by atoms with E-state index in [2.05, 4.69) is 43.2 Å². The van der Waals surface area contributed by atoms with E-state index in [1.807, 2.05) is 36.2 Å². The Kier molecular flexibility index (Phi) is 7.66. The van der Waals surface area contributed by atoms with Gasteiger partial charge in [-0.15, -0.1) is 0 Å². The molecule has 142 valence electrons. The number of hydrogen-bond donors (Lipinski definition) is 1. The molecule has 0 aliphatic heterocycles. The molecule has 0 saturated heterocycles. The number of carbonyl (C=O) groups is 1. The molecular formula is C19H28N4O2S. The van der Waals surface area contributed by atoms with Crippen LogP contribution in [0.5, 0.6) is 0 Å². The quantitative estimate of drug-likeness (QED) is 0.711. The number of amides is 1. The number of rotatable bonds is 9. The minimum Gasteiger partial charge on any atom is -0.338 e. The number of hydrogen-bond acceptors (Lipinski definition) is 6. The zero-order chi connectivity index (χ0) is 19.1. The van der Waals surface area contributed by atoms with Gasteiger partial charge >= 0.3 is 0 Å².